The Hall–Kier alpha value is -2.04. The second-order valence-corrected chi connectivity index (χ2v) is 8.25. The number of nitrogens with zero attached hydrogens (tertiary/aromatic N) is 1. The number of carbonyl (C=O) groups excluding carboxylic acids is 1. The lowest BCUT2D eigenvalue weighted by Crippen LogP contribution is -2.49. The summed E-state index contributed by atoms with van der Waals surface area (Å²) in [5.41, 5.74) is 2.28. The zero-order valence-electron chi connectivity index (χ0n) is 15.2. The first-order valence-electron chi connectivity index (χ1n) is 9.68. The second-order valence-electron chi connectivity index (χ2n) is 7.81. The number of ether oxygens (including phenoxy) is 1. The van der Waals surface area contributed by atoms with Crippen molar-refractivity contribution in [3.63, 3.8) is 0 Å². The molecule has 1 amide bonds. The number of benzene rings is 2. The molecule has 5 heteroatoms. The van der Waals surface area contributed by atoms with Crippen LogP contribution in [0.25, 0.3) is 0 Å². The van der Waals surface area contributed by atoms with Crippen molar-refractivity contribution in [2.24, 2.45) is 5.92 Å². The fraction of sp³-hybridized carbons (Fsp3) is 0.409. The number of carbonyl (C=O) groups is 1. The predicted molar refractivity (Wildman–Crippen MR) is 105 cm³/mol. The number of rotatable bonds is 2. The summed E-state index contributed by atoms with van der Waals surface area (Å²) in [6.07, 6.45) is 1.85. The number of nitrogens with one attached hydrogen (secondary N) is 1. The summed E-state index contributed by atoms with van der Waals surface area (Å²) in [5, 5.41) is 4.14. The smallest absolute Gasteiger partial charge is 0.227 e. The summed E-state index contributed by atoms with van der Waals surface area (Å²) in [7, 11) is 0. The quantitative estimate of drug-likeness (QED) is 0.863. The van der Waals surface area contributed by atoms with Gasteiger partial charge in [0.05, 0.1) is 12.6 Å². The highest BCUT2D eigenvalue weighted by molar-refractivity contribution is 6.30. The van der Waals surface area contributed by atoms with Gasteiger partial charge in [0.25, 0.3) is 0 Å². The van der Waals surface area contributed by atoms with E-state index in [0.29, 0.717) is 11.6 Å². The number of halogens is 1. The molecule has 1 aliphatic carbocycles. The third-order valence-corrected chi connectivity index (χ3v) is 6.60. The lowest BCUT2D eigenvalue weighted by atomic mass is 9.87. The van der Waals surface area contributed by atoms with Crippen molar-refractivity contribution in [3.8, 4) is 5.75 Å². The number of amides is 1. The van der Waals surface area contributed by atoms with Crippen LogP contribution in [0.1, 0.15) is 30.0 Å². The third kappa shape index (κ3) is 2.82. The maximum Gasteiger partial charge on any atom is 0.227 e. The minimum Gasteiger partial charge on any atom is -0.493 e. The van der Waals surface area contributed by atoms with Gasteiger partial charge in [-0.15, -0.1) is 0 Å². The van der Waals surface area contributed by atoms with Crippen molar-refractivity contribution in [1.82, 2.24) is 10.2 Å². The molecule has 3 aliphatic rings. The lowest BCUT2D eigenvalue weighted by molar-refractivity contribution is -0.136. The molecule has 3 unspecified atom stereocenters. The van der Waals surface area contributed by atoms with Crippen molar-refractivity contribution in [3.05, 3.63) is 64.7 Å². The molecule has 1 saturated heterocycles. The second kappa shape index (κ2) is 6.54. The molecule has 140 valence electrons. The average Bonchev–Trinajstić information content (AvgIpc) is 3.42. The van der Waals surface area contributed by atoms with Crippen LogP contribution in [-0.4, -0.2) is 37.0 Å². The highest BCUT2D eigenvalue weighted by Crippen LogP contribution is 2.61. The maximum atomic E-state index is 13.5. The summed E-state index contributed by atoms with van der Waals surface area (Å²) in [6.45, 7) is 3.04. The van der Waals surface area contributed by atoms with E-state index in [4.69, 9.17) is 16.3 Å². The van der Waals surface area contributed by atoms with Gasteiger partial charge in [-0.05, 0) is 36.6 Å². The van der Waals surface area contributed by atoms with Crippen LogP contribution in [0.2, 0.25) is 5.02 Å². The molecule has 0 radical (unpaired) electrons. The fourth-order valence-electron chi connectivity index (χ4n) is 4.86. The predicted octanol–water partition coefficient (Wildman–Crippen LogP) is 3.55. The molecule has 2 aromatic carbocycles. The van der Waals surface area contributed by atoms with E-state index in [2.05, 4.69) is 28.4 Å². The van der Waals surface area contributed by atoms with E-state index in [1.807, 2.05) is 30.3 Å². The summed E-state index contributed by atoms with van der Waals surface area (Å²) < 4.78 is 5.83. The first kappa shape index (κ1) is 17.1. The van der Waals surface area contributed by atoms with Gasteiger partial charge in [-0.2, -0.15) is 0 Å². The van der Waals surface area contributed by atoms with E-state index >= 15 is 0 Å². The number of hydrogen-bond acceptors (Lipinski definition) is 3. The number of para-hydroxylation sites is 1. The Kier molecular flexibility index (Phi) is 4.14. The van der Waals surface area contributed by atoms with Crippen LogP contribution >= 0.6 is 11.6 Å². The standard InChI is InChI=1S/C22H23ClN2O2/c23-16-5-3-4-15(12-16)19-14-24-9-10-25(19)21(26)18-13-22(18)8-11-27-20-7-2-1-6-17(20)22/h1-7,12,18-19,24H,8-11,13-14H2. The number of fused-ring (bicyclic) bond motifs is 2. The van der Waals surface area contributed by atoms with Gasteiger partial charge in [0.15, 0.2) is 0 Å². The summed E-state index contributed by atoms with van der Waals surface area (Å²) in [4.78, 5) is 15.6. The van der Waals surface area contributed by atoms with Crippen LogP contribution in [0.3, 0.4) is 0 Å². The number of hydrogen-bond donors (Lipinski definition) is 1. The van der Waals surface area contributed by atoms with Crippen molar-refractivity contribution in [1.29, 1.82) is 0 Å². The minimum absolute atomic E-state index is 0.0321. The van der Waals surface area contributed by atoms with Crippen LogP contribution in [0.4, 0.5) is 0 Å². The SMILES string of the molecule is O=C(C1CC12CCOc1ccccc12)N1CCNCC1c1cccc(Cl)c1. The molecule has 1 N–H and O–H groups in total. The van der Waals surface area contributed by atoms with Gasteiger partial charge in [-0.25, -0.2) is 0 Å². The van der Waals surface area contributed by atoms with Gasteiger partial charge < -0.3 is 15.0 Å². The van der Waals surface area contributed by atoms with Gasteiger partial charge in [-0.3, -0.25) is 4.79 Å². The normalized spacial score (nSPS) is 29.1. The Morgan fingerprint density at radius 3 is 3.00 bits per heavy atom. The van der Waals surface area contributed by atoms with Crippen LogP contribution in [0, 0.1) is 5.92 Å². The molecule has 2 aliphatic heterocycles. The Bertz CT molecular complexity index is 886. The fourth-order valence-corrected chi connectivity index (χ4v) is 5.06. The van der Waals surface area contributed by atoms with Crippen LogP contribution in [0.5, 0.6) is 5.75 Å². The molecule has 1 spiro atoms. The van der Waals surface area contributed by atoms with Gasteiger partial charge in [0, 0.05) is 41.6 Å². The molecule has 27 heavy (non-hydrogen) atoms. The van der Waals surface area contributed by atoms with Gasteiger partial charge in [0.2, 0.25) is 5.91 Å². The molecule has 2 aromatic rings. The Labute approximate surface area is 164 Å². The molecule has 5 rings (SSSR count). The largest absolute Gasteiger partial charge is 0.493 e. The van der Waals surface area contributed by atoms with E-state index in [0.717, 1.165) is 43.8 Å². The molecule has 0 aromatic heterocycles. The molecule has 2 fully saturated rings. The van der Waals surface area contributed by atoms with Crippen molar-refractivity contribution in [2.45, 2.75) is 24.3 Å². The summed E-state index contributed by atoms with van der Waals surface area (Å²) >= 11 is 6.20. The topological polar surface area (TPSA) is 41.6 Å². The first-order chi connectivity index (χ1) is 13.2. The van der Waals surface area contributed by atoms with Gasteiger partial charge >= 0.3 is 0 Å². The highest BCUT2D eigenvalue weighted by Gasteiger charge is 2.62. The van der Waals surface area contributed by atoms with E-state index < -0.39 is 0 Å². The van der Waals surface area contributed by atoms with Crippen molar-refractivity contribution < 1.29 is 9.53 Å². The molecular formula is C22H23ClN2O2. The molecule has 2 heterocycles. The maximum absolute atomic E-state index is 13.5. The van der Waals surface area contributed by atoms with E-state index in [1.165, 1.54) is 5.56 Å². The molecule has 3 atom stereocenters. The summed E-state index contributed by atoms with van der Waals surface area (Å²) in [5.74, 6) is 1.28. The Morgan fingerprint density at radius 1 is 1.22 bits per heavy atom. The van der Waals surface area contributed by atoms with Crippen LogP contribution in [0.15, 0.2) is 48.5 Å². The van der Waals surface area contributed by atoms with Gasteiger partial charge in [-0.1, -0.05) is 41.9 Å². The zero-order chi connectivity index (χ0) is 18.4. The molecule has 0 bridgehead atoms. The highest BCUT2D eigenvalue weighted by atomic mass is 35.5. The molecular weight excluding hydrogens is 360 g/mol. The third-order valence-electron chi connectivity index (χ3n) is 6.36. The Morgan fingerprint density at radius 2 is 2.11 bits per heavy atom. The molecule has 4 nitrogen and oxygen atoms in total. The van der Waals surface area contributed by atoms with Crippen molar-refractivity contribution in [2.75, 3.05) is 26.2 Å². The minimum atomic E-state index is -0.0321. The van der Waals surface area contributed by atoms with Crippen molar-refractivity contribution >= 4 is 17.5 Å². The van der Waals surface area contributed by atoms with Crippen LogP contribution < -0.4 is 10.1 Å². The van der Waals surface area contributed by atoms with Gasteiger partial charge in [0.1, 0.15) is 5.75 Å². The Balaban J connectivity index is 1.43. The van der Waals surface area contributed by atoms with E-state index in [9.17, 15) is 4.79 Å². The van der Waals surface area contributed by atoms with E-state index in [-0.39, 0.29) is 23.3 Å². The first-order valence-corrected chi connectivity index (χ1v) is 10.1. The van der Waals surface area contributed by atoms with Crippen LogP contribution in [-0.2, 0) is 10.2 Å². The summed E-state index contributed by atoms with van der Waals surface area (Å²) in [6, 6.07) is 16.1. The average molecular weight is 383 g/mol. The zero-order valence-corrected chi connectivity index (χ0v) is 15.9. The molecule has 1 saturated carbocycles. The monoisotopic (exact) mass is 382 g/mol. The lowest BCUT2D eigenvalue weighted by Gasteiger charge is -2.37. The van der Waals surface area contributed by atoms with E-state index in [1.54, 1.807) is 0 Å². The number of piperazine rings is 1.